The molecule has 2 unspecified atom stereocenters. The summed E-state index contributed by atoms with van der Waals surface area (Å²) < 4.78 is 13.2. The molecule has 0 N–H and O–H groups in total. The predicted octanol–water partition coefficient (Wildman–Crippen LogP) is 7.74. The van der Waals surface area contributed by atoms with Crippen molar-refractivity contribution in [2.75, 3.05) is 0 Å². The lowest BCUT2D eigenvalue weighted by Crippen LogP contribution is -2.19. The quantitative estimate of drug-likeness (QED) is 0.256. The van der Waals surface area contributed by atoms with Gasteiger partial charge in [0.15, 0.2) is 0 Å². The SMILES string of the molecule is C.S=P1(SP2(=S)Oc3ccccc3-c3ccccc32)Oc2ccccc2-c2ccccc21. The highest BCUT2D eigenvalue weighted by Crippen LogP contribution is 2.79. The smallest absolute Gasteiger partial charge is 0.205 e. The van der Waals surface area contributed by atoms with E-state index in [1.807, 2.05) is 60.7 Å². The van der Waals surface area contributed by atoms with Gasteiger partial charge >= 0.3 is 0 Å². The molecule has 2 heterocycles. The van der Waals surface area contributed by atoms with Crippen LogP contribution in [0.3, 0.4) is 0 Å². The van der Waals surface area contributed by atoms with E-state index in [0.717, 1.165) is 44.4 Å². The first-order valence-electron chi connectivity index (χ1n) is 9.76. The lowest BCUT2D eigenvalue weighted by Gasteiger charge is -2.37. The van der Waals surface area contributed by atoms with E-state index in [2.05, 4.69) is 36.4 Å². The number of fused-ring (bicyclic) bond motifs is 6. The van der Waals surface area contributed by atoms with Crippen molar-refractivity contribution in [3.05, 3.63) is 97.1 Å². The van der Waals surface area contributed by atoms with Crippen molar-refractivity contribution >= 4 is 56.2 Å². The van der Waals surface area contributed by atoms with Crippen LogP contribution in [0, 0.1) is 0 Å². The maximum Gasteiger partial charge on any atom is 0.205 e. The van der Waals surface area contributed by atoms with Gasteiger partial charge in [-0.05, 0) is 70.0 Å². The van der Waals surface area contributed by atoms with Gasteiger partial charge in [0, 0.05) is 21.7 Å². The zero-order valence-corrected chi connectivity index (χ0v) is 20.4. The fourth-order valence-corrected chi connectivity index (χ4v) is 22.5. The minimum Gasteiger partial charge on any atom is -0.452 e. The molecular weight excluding hydrogens is 490 g/mol. The molecule has 0 bridgehead atoms. The van der Waals surface area contributed by atoms with Gasteiger partial charge in [0.1, 0.15) is 11.5 Å². The first-order chi connectivity index (χ1) is 15.1. The highest BCUT2D eigenvalue weighted by molar-refractivity contribution is 9.00. The molecule has 32 heavy (non-hydrogen) atoms. The molecule has 0 fully saturated rings. The lowest BCUT2D eigenvalue weighted by molar-refractivity contribution is 0.629. The van der Waals surface area contributed by atoms with Crippen LogP contribution in [0.15, 0.2) is 97.1 Å². The maximum atomic E-state index is 6.59. The summed E-state index contributed by atoms with van der Waals surface area (Å²) in [6.07, 6.45) is 0. The number of benzene rings is 4. The molecule has 2 aliphatic rings. The van der Waals surface area contributed by atoms with Gasteiger partial charge in [-0.15, -0.1) is 0 Å². The van der Waals surface area contributed by atoms with E-state index < -0.39 is 10.9 Å². The molecule has 0 saturated heterocycles. The summed E-state index contributed by atoms with van der Waals surface area (Å²) in [5.41, 5.74) is -0.719. The van der Waals surface area contributed by atoms with Gasteiger partial charge in [-0.25, -0.2) is 0 Å². The fourth-order valence-electron chi connectivity index (χ4n) is 4.04. The van der Waals surface area contributed by atoms with Crippen LogP contribution in [-0.2, 0) is 23.6 Å². The molecule has 6 rings (SSSR count). The van der Waals surface area contributed by atoms with Gasteiger partial charge in [0.05, 0.1) is 0 Å². The summed E-state index contributed by atoms with van der Waals surface area (Å²) in [6.45, 7) is 0. The van der Waals surface area contributed by atoms with Crippen molar-refractivity contribution in [3.8, 4) is 33.8 Å². The zero-order valence-electron chi connectivity index (χ0n) is 16.2. The van der Waals surface area contributed by atoms with Gasteiger partial charge in [0.2, 0.25) is 10.9 Å². The van der Waals surface area contributed by atoms with Crippen molar-refractivity contribution in [3.63, 3.8) is 0 Å². The first-order valence-corrected chi connectivity index (χ1v) is 17.2. The Labute approximate surface area is 202 Å². The Hall–Kier alpha value is -1.87. The summed E-state index contributed by atoms with van der Waals surface area (Å²) in [7, 11) is 0. The van der Waals surface area contributed by atoms with Crippen LogP contribution < -0.4 is 19.7 Å². The summed E-state index contributed by atoms with van der Waals surface area (Å²) >= 11 is 14.2. The van der Waals surface area contributed by atoms with Crippen molar-refractivity contribution in [1.82, 2.24) is 0 Å². The lowest BCUT2D eigenvalue weighted by atomic mass is 10.0. The molecular formula is C25H20O2P2S3. The average molecular weight is 511 g/mol. The van der Waals surface area contributed by atoms with Crippen LogP contribution in [0.1, 0.15) is 7.43 Å². The van der Waals surface area contributed by atoms with Gasteiger partial charge in [-0.1, -0.05) is 80.2 Å². The normalized spacial score (nSPS) is 22.0. The molecule has 7 heteroatoms. The summed E-state index contributed by atoms with van der Waals surface area (Å²) in [6, 6.07) is 32.7. The van der Waals surface area contributed by atoms with Crippen LogP contribution in [0.5, 0.6) is 11.5 Å². The van der Waals surface area contributed by atoms with E-state index in [0.29, 0.717) is 0 Å². The van der Waals surface area contributed by atoms with E-state index in [1.54, 1.807) is 11.0 Å². The number of para-hydroxylation sites is 2. The fraction of sp³-hybridized carbons (Fsp3) is 0.0400. The van der Waals surface area contributed by atoms with E-state index >= 15 is 0 Å². The third-order valence-corrected chi connectivity index (χ3v) is 20.7. The molecule has 2 atom stereocenters. The summed E-state index contributed by atoms with van der Waals surface area (Å²) in [5.74, 6) is 1.65. The second kappa shape index (κ2) is 8.17. The highest BCUT2D eigenvalue weighted by Gasteiger charge is 2.42. The summed E-state index contributed by atoms with van der Waals surface area (Å²) in [4.78, 5) is 0. The second-order valence-corrected chi connectivity index (χ2v) is 20.3. The third kappa shape index (κ3) is 3.39. The second-order valence-electron chi connectivity index (χ2n) is 7.29. The highest BCUT2D eigenvalue weighted by atomic mass is 33.2. The molecule has 4 aromatic rings. The van der Waals surface area contributed by atoms with Crippen molar-refractivity contribution in [2.24, 2.45) is 0 Å². The van der Waals surface area contributed by atoms with Gasteiger partial charge in [0.25, 0.3) is 0 Å². The Morgan fingerprint density at radius 3 is 1.28 bits per heavy atom. The third-order valence-electron chi connectivity index (χ3n) is 5.40. The van der Waals surface area contributed by atoms with Crippen LogP contribution in [-0.4, -0.2) is 0 Å². The topological polar surface area (TPSA) is 18.5 Å². The van der Waals surface area contributed by atoms with E-state index in [9.17, 15) is 0 Å². The number of hydrogen-bond donors (Lipinski definition) is 0. The molecule has 2 aliphatic heterocycles. The molecule has 4 aromatic carbocycles. The van der Waals surface area contributed by atoms with Crippen LogP contribution >= 0.6 is 21.9 Å². The molecule has 0 aromatic heterocycles. The Balaban J connectivity index is 0.00000216. The van der Waals surface area contributed by atoms with Crippen LogP contribution in [0.25, 0.3) is 22.3 Å². The number of hydrogen-bond acceptors (Lipinski definition) is 5. The van der Waals surface area contributed by atoms with Crippen molar-refractivity contribution in [2.45, 2.75) is 7.43 Å². The minimum absolute atomic E-state index is 0. The molecule has 0 saturated carbocycles. The van der Waals surface area contributed by atoms with Crippen LogP contribution in [0.4, 0.5) is 0 Å². The monoisotopic (exact) mass is 510 g/mol. The van der Waals surface area contributed by atoms with E-state index in [-0.39, 0.29) is 7.43 Å². The Morgan fingerprint density at radius 1 is 0.500 bits per heavy atom. The van der Waals surface area contributed by atoms with Gasteiger partial charge < -0.3 is 9.05 Å². The minimum atomic E-state index is -2.57. The molecule has 2 nitrogen and oxygen atoms in total. The van der Waals surface area contributed by atoms with Gasteiger partial charge in [-0.3, -0.25) is 0 Å². The van der Waals surface area contributed by atoms with Crippen molar-refractivity contribution in [1.29, 1.82) is 0 Å². The molecule has 0 spiro atoms. The molecule has 160 valence electrons. The van der Waals surface area contributed by atoms with Crippen LogP contribution in [0.2, 0.25) is 0 Å². The van der Waals surface area contributed by atoms with Crippen molar-refractivity contribution < 1.29 is 9.05 Å². The molecule has 0 aliphatic carbocycles. The Morgan fingerprint density at radius 2 is 0.844 bits per heavy atom. The maximum absolute atomic E-state index is 6.59. The molecule has 0 radical (unpaired) electrons. The van der Waals surface area contributed by atoms with Gasteiger partial charge in [-0.2, -0.15) is 0 Å². The summed E-state index contributed by atoms with van der Waals surface area (Å²) in [5, 5.41) is 2.11. The number of rotatable bonds is 2. The van der Waals surface area contributed by atoms with E-state index in [4.69, 9.17) is 32.7 Å². The average Bonchev–Trinajstić information content (AvgIpc) is 2.79. The first kappa shape index (κ1) is 21.9. The standard InChI is InChI=1S/C24H16O2P2S3.CH4/c29-27(23-15-7-3-11-19(23)17-9-1-5-13-21(17)25-27)31-28(30)24-16-8-4-12-20(24)18-10-2-6-14-22(18)26-28;/h1-16H;1H4. The molecule has 0 amide bonds. The predicted molar refractivity (Wildman–Crippen MR) is 147 cm³/mol. The zero-order chi connectivity index (χ0) is 21.1. The van der Waals surface area contributed by atoms with E-state index in [1.165, 1.54) is 0 Å². The Kier molecular flexibility index (Phi) is 5.60. The Bertz CT molecular complexity index is 1340. The largest absolute Gasteiger partial charge is 0.452 e.